The van der Waals surface area contributed by atoms with E-state index in [0.717, 1.165) is 29.8 Å². The van der Waals surface area contributed by atoms with E-state index in [4.69, 9.17) is 5.11 Å². The molecule has 2 aromatic carbocycles. The Kier molecular flexibility index (Phi) is 12.5. The highest BCUT2D eigenvalue weighted by Crippen LogP contribution is 2.29. The largest absolute Gasteiger partial charge is 0.478 e. The number of carboxylic acid groups (broad SMARTS) is 1. The van der Waals surface area contributed by atoms with Gasteiger partial charge in [0.15, 0.2) is 0 Å². The van der Waals surface area contributed by atoms with Crippen LogP contribution >= 0.6 is 0 Å². The second-order valence-corrected chi connectivity index (χ2v) is 15.1. The van der Waals surface area contributed by atoms with Crippen molar-refractivity contribution in [1.82, 2.24) is 20.3 Å². The lowest BCUT2D eigenvalue weighted by Crippen LogP contribution is -2.61. The number of sulfonamides is 1. The van der Waals surface area contributed by atoms with Crippen molar-refractivity contribution >= 4 is 33.7 Å². The van der Waals surface area contributed by atoms with Crippen LogP contribution in [-0.4, -0.2) is 74.3 Å². The third kappa shape index (κ3) is 9.26. The Hall–Kier alpha value is -4.03. The van der Waals surface area contributed by atoms with Crippen molar-refractivity contribution in [3.05, 3.63) is 77.4 Å². The molecule has 0 aliphatic carbocycles. The summed E-state index contributed by atoms with van der Waals surface area (Å²) in [5.41, 5.74) is -0.374. The van der Waals surface area contributed by atoms with Crippen LogP contribution in [0, 0.1) is 11.3 Å². The van der Waals surface area contributed by atoms with Crippen molar-refractivity contribution in [3.8, 4) is 0 Å². The zero-order valence-corrected chi connectivity index (χ0v) is 29.2. The lowest BCUT2D eigenvalue weighted by molar-refractivity contribution is -0.140. The maximum Gasteiger partial charge on any atom is 0.335 e. The fraction of sp³-hybridized carbons (Fsp3) is 0.471. The minimum absolute atomic E-state index is 0.0558. The number of aromatic carboxylic acids is 1. The van der Waals surface area contributed by atoms with Gasteiger partial charge in [-0.2, -0.15) is 0 Å². The molecule has 3 atom stereocenters. The van der Waals surface area contributed by atoms with Crippen LogP contribution in [0.4, 0.5) is 0 Å². The van der Waals surface area contributed by atoms with Crippen molar-refractivity contribution in [2.45, 2.75) is 83.8 Å². The number of carbonyl (C=O) groups excluding carboxylic acids is 3. The molecule has 0 heterocycles. The Morgan fingerprint density at radius 1 is 0.891 bits per heavy atom. The highest BCUT2D eigenvalue weighted by molar-refractivity contribution is 7.90. The zero-order valence-electron chi connectivity index (χ0n) is 28.3. The molecule has 0 unspecified atom stereocenters. The molecule has 2 rings (SSSR count). The Bertz CT molecular complexity index is 1540. The van der Waals surface area contributed by atoms with Crippen molar-refractivity contribution in [1.29, 1.82) is 0 Å². The number of likely N-dealkylation sites (N-methyl/N-ethyl adjacent to an activating group) is 2. The number of amides is 3. The van der Waals surface area contributed by atoms with E-state index in [-0.39, 0.29) is 33.8 Å². The fourth-order valence-corrected chi connectivity index (χ4v) is 6.22. The van der Waals surface area contributed by atoms with Gasteiger partial charge in [-0.15, -0.1) is 0 Å². The first kappa shape index (κ1) is 38.2. The SMILES string of the molecule is CN[C@H](C(=O)N[C@H](C(=O)N(C)[C@H](/C=C(\C)C(=O)NS(=O)(=O)c1ccc(C(=O)O)cc1)C(C)C)C(C)(C)C)C(C)(C)c1ccccc1. The molecule has 0 fully saturated rings. The van der Waals surface area contributed by atoms with Gasteiger partial charge in [-0.25, -0.2) is 17.9 Å². The van der Waals surface area contributed by atoms with Gasteiger partial charge in [0.25, 0.3) is 15.9 Å². The summed E-state index contributed by atoms with van der Waals surface area (Å²) >= 11 is 0. The van der Waals surface area contributed by atoms with Crippen molar-refractivity contribution < 1.29 is 32.7 Å². The molecule has 0 aromatic heterocycles. The molecule has 11 nitrogen and oxygen atoms in total. The number of benzene rings is 2. The van der Waals surface area contributed by atoms with Crippen LogP contribution in [0.5, 0.6) is 0 Å². The van der Waals surface area contributed by atoms with E-state index in [9.17, 15) is 27.6 Å². The van der Waals surface area contributed by atoms with Crippen molar-refractivity contribution in [2.24, 2.45) is 11.3 Å². The van der Waals surface area contributed by atoms with Crippen molar-refractivity contribution in [3.63, 3.8) is 0 Å². The molecule has 0 radical (unpaired) electrons. The topological polar surface area (TPSA) is 162 Å². The molecule has 2 aromatic rings. The molecule has 0 aliphatic rings. The quantitative estimate of drug-likeness (QED) is 0.237. The Balaban J connectivity index is 2.32. The monoisotopic (exact) mass is 656 g/mol. The summed E-state index contributed by atoms with van der Waals surface area (Å²) in [6, 6.07) is 11.9. The number of nitrogens with one attached hydrogen (secondary N) is 3. The molecule has 0 aliphatic heterocycles. The molecule has 12 heteroatoms. The van der Waals surface area contributed by atoms with Crippen molar-refractivity contribution in [2.75, 3.05) is 14.1 Å². The standard InChI is InChI=1S/C34H48N4O7S/c1-21(2)26(20-22(3)29(39)37-46(44,45)25-18-16-23(17-19-25)32(42)43)38(10)31(41)28(33(4,5)6)36-30(40)27(35-9)34(7,8)24-14-12-11-13-15-24/h11-21,26-28,35H,1-10H3,(H,36,40)(H,37,39)(H,42,43)/b22-20+/t26-,27-,28-/m1/s1. The van der Waals surface area contributed by atoms with Crippen LogP contribution < -0.4 is 15.4 Å². The van der Waals surface area contributed by atoms with Crippen LogP contribution in [0.3, 0.4) is 0 Å². The normalized spacial score (nSPS) is 14.6. The molecule has 252 valence electrons. The van der Waals surface area contributed by atoms with Gasteiger partial charge in [-0.05, 0) is 55.1 Å². The summed E-state index contributed by atoms with van der Waals surface area (Å²) in [6.45, 7) is 14.7. The van der Waals surface area contributed by atoms with E-state index in [1.807, 2.05) is 83.5 Å². The summed E-state index contributed by atoms with van der Waals surface area (Å²) < 4.78 is 27.6. The first-order valence-corrected chi connectivity index (χ1v) is 16.5. The minimum Gasteiger partial charge on any atom is -0.478 e. The molecule has 0 saturated heterocycles. The Labute approximate surface area is 272 Å². The third-order valence-corrected chi connectivity index (χ3v) is 9.43. The predicted molar refractivity (Wildman–Crippen MR) is 178 cm³/mol. The first-order chi connectivity index (χ1) is 21.1. The molecule has 3 amide bonds. The predicted octanol–water partition coefficient (Wildman–Crippen LogP) is 3.72. The van der Waals surface area contributed by atoms with Crippen LogP contribution in [0.25, 0.3) is 0 Å². The number of rotatable bonds is 13. The second kappa shape index (κ2) is 15.0. The van der Waals surface area contributed by atoms with E-state index < -0.39 is 50.9 Å². The number of hydrogen-bond acceptors (Lipinski definition) is 7. The van der Waals surface area contributed by atoms with E-state index in [1.165, 1.54) is 17.9 Å². The summed E-state index contributed by atoms with van der Waals surface area (Å²) in [7, 11) is -1.01. The van der Waals surface area contributed by atoms with Gasteiger partial charge in [-0.1, -0.05) is 84.9 Å². The van der Waals surface area contributed by atoms with Gasteiger partial charge in [0.1, 0.15) is 6.04 Å². The van der Waals surface area contributed by atoms with E-state index >= 15 is 0 Å². The van der Waals surface area contributed by atoms with Crippen LogP contribution in [0.1, 0.15) is 71.3 Å². The highest BCUT2D eigenvalue weighted by atomic mass is 32.2. The Morgan fingerprint density at radius 3 is 1.89 bits per heavy atom. The van der Waals surface area contributed by atoms with E-state index in [1.54, 1.807) is 14.1 Å². The highest BCUT2D eigenvalue weighted by Gasteiger charge is 2.41. The molecule has 4 N–H and O–H groups in total. The summed E-state index contributed by atoms with van der Waals surface area (Å²) in [5, 5.41) is 15.2. The van der Waals surface area contributed by atoms with E-state index in [2.05, 4.69) is 10.6 Å². The van der Waals surface area contributed by atoms with Crippen LogP contribution in [0.2, 0.25) is 0 Å². The molecule has 0 bridgehead atoms. The summed E-state index contributed by atoms with van der Waals surface area (Å²) in [6.07, 6.45) is 1.53. The van der Waals surface area contributed by atoms with Crippen LogP contribution in [0.15, 0.2) is 71.1 Å². The smallest absolute Gasteiger partial charge is 0.335 e. The molecular weight excluding hydrogens is 608 g/mol. The maximum atomic E-state index is 14.1. The lowest BCUT2D eigenvalue weighted by Gasteiger charge is -2.40. The summed E-state index contributed by atoms with van der Waals surface area (Å²) in [5.74, 6) is -3.00. The number of carboxylic acids is 1. The molecule has 0 saturated carbocycles. The minimum atomic E-state index is -4.30. The zero-order chi connectivity index (χ0) is 35.2. The van der Waals surface area contributed by atoms with Gasteiger partial charge < -0.3 is 20.6 Å². The fourth-order valence-electron chi connectivity index (χ4n) is 5.20. The number of nitrogens with zero attached hydrogens (tertiary/aromatic N) is 1. The Morgan fingerprint density at radius 2 is 1.43 bits per heavy atom. The maximum absolute atomic E-state index is 14.1. The third-order valence-electron chi connectivity index (χ3n) is 8.09. The average Bonchev–Trinajstić information content (AvgIpc) is 2.97. The molecule has 0 spiro atoms. The van der Waals surface area contributed by atoms with Gasteiger partial charge in [0.2, 0.25) is 11.8 Å². The summed E-state index contributed by atoms with van der Waals surface area (Å²) in [4.78, 5) is 53.1. The first-order valence-electron chi connectivity index (χ1n) is 15.0. The van der Waals surface area contributed by atoms with Gasteiger partial charge in [0.05, 0.1) is 22.5 Å². The van der Waals surface area contributed by atoms with Gasteiger partial charge >= 0.3 is 5.97 Å². The van der Waals surface area contributed by atoms with Gasteiger partial charge in [-0.3, -0.25) is 14.4 Å². The average molecular weight is 657 g/mol. The van der Waals surface area contributed by atoms with Gasteiger partial charge in [0, 0.05) is 18.0 Å². The molecular formula is C34H48N4O7S. The molecule has 46 heavy (non-hydrogen) atoms. The number of carbonyl (C=O) groups is 4. The second-order valence-electron chi connectivity index (χ2n) is 13.4. The lowest BCUT2D eigenvalue weighted by atomic mass is 9.76. The number of hydrogen-bond donors (Lipinski definition) is 4. The van der Waals surface area contributed by atoms with E-state index in [0.29, 0.717) is 0 Å². The van der Waals surface area contributed by atoms with Crippen LogP contribution in [-0.2, 0) is 29.8 Å².